The van der Waals surface area contributed by atoms with Crippen molar-refractivity contribution in [1.82, 2.24) is 9.97 Å². The fourth-order valence-corrected chi connectivity index (χ4v) is 6.41. The molecule has 0 aliphatic carbocycles. The number of hydrogen-bond acceptors (Lipinski definition) is 3. The zero-order valence-electron chi connectivity index (χ0n) is 31.0. The second-order valence-corrected chi connectivity index (χ2v) is 14.0. The van der Waals surface area contributed by atoms with Crippen LogP contribution in [-0.2, 0) is 20.1 Å². The molecule has 0 fully saturated rings. The van der Waals surface area contributed by atoms with Crippen LogP contribution in [0.2, 0.25) is 0 Å². The van der Waals surface area contributed by atoms with E-state index in [-0.39, 0.29) is 36.8 Å². The Balaban J connectivity index is 0.000000279. The third-order valence-electron chi connectivity index (χ3n) is 10.8. The normalized spacial score (nSPS) is 12.1. The molecule has 0 aliphatic rings. The van der Waals surface area contributed by atoms with Crippen molar-refractivity contribution in [3.05, 3.63) is 120 Å². The quantitative estimate of drug-likeness (QED) is 0.0518. The topological polar surface area (TPSA) is 67.4 Å². The van der Waals surface area contributed by atoms with Gasteiger partial charge in [-0.3, -0.25) is 9.78 Å². The number of allylic oxidation sites excluding steroid dienone is 2. The second-order valence-electron chi connectivity index (χ2n) is 14.0. The Labute approximate surface area is 315 Å². The van der Waals surface area contributed by atoms with E-state index in [1.807, 2.05) is 32.2 Å². The molecule has 0 saturated heterocycles. The van der Waals surface area contributed by atoms with Gasteiger partial charge in [-0.2, -0.15) is 0 Å². The molecule has 0 spiro atoms. The number of aryl methyl sites for hydroxylation is 2. The predicted molar refractivity (Wildman–Crippen MR) is 209 cm³/mol. The fourth-order valence-electron chi connectivity index (χ4n) is 6.41. The van der Waals surface area contributed by atoms with Crippen molar-refractivity contribution < 1.29 is 34.4 Å². The molecule has 4 aromatic carbocycles. The van der Waals surface area contributed by atoms with Crippen LogP contribution in [-0.4, -0.2) is 25.7 Å². The summed E-state index contributed by atoms with van der Waals surface area (Å²) in [4.78, 5) is 19.2. The van der Waals surface area contributed by atoms with Crippen molar-refractivity contribution >= 4 is 38.2 Å². The molecule has 0 saturated carbocycles. The van der Waals surface area contributed by atoms with Gasteiger partial charge in [-0.05, 0) is 101 Å². The predicted octanol–water partition coefficient (Wildman–Crippen LogP) is 12.4. The van der Waals surface area contributed by atoms with Gasteiger partial charge in [0.1, 0.15) is 11.6 Å². The standard InChI is InChI=1S/C30H20FN2.C15H28O2.Ir/c1-18-13-19(2)15-23(14-18)30-26-7-5-22-16-20(3-6-24(22)25(26)9-11-33-30)21-4-8-27-28(31)10-12-32-29(27)17-21;1-7-14(5,8-2)12(16)11-13(17)15(6,9-3)10-4;/h3-14,16-17H,1-2H3;11,16H,7-10H2,1-6H3;/q-1;;/p+1/b;12-11-;. The number of aliphatic hydroxyl groups is 1. The van der Waals surface area contributed by atoms with Crippen LogP contribution in [0.1, 0.15) is 78.4 Å². The summed E-state index contributed by atoms with van der Waals surface area (Å²) in [6.45, 7) is 16.5. The summed E-state index contributed by atoms with van der Waals surface area (Å²) >= 11 is 0. The van der Waals surface area contributed by atoms with Crippen molar-refractivity contribution in [3.8, 4) is 22.4 Å². The van der Waals surface area contributed by atoms with Crippen molar-refractivity contribution in [1.29, 1.82) is 0 Å². The molecule has 0 unspecified atom stereocenters. The number of benzene rings is 4. The zero-order chi connectivity index (χ0) is 36.2. The van der Waals surface area contributed by atoms with Crippen LogP contribution in [0, 0.1) is 36.6 Å². The van der Waals surface area contributed by atoms with E-state index in [9.17, 15) is 14.3 Å². The first-order valence-electron chi connectivity index (χ1n) is 17.7. The van der Waals surface area contributed by atoms with Crippen LogP contribution in [0.25, 0.3) is 54.8 Å². The third kappa shape index (κ3) is 8.29. The van der Waals surface area contributed by atoms with Gasteiger partial charge in [-0.1, -0.05) is 78.8 Å². The van der Waals surface area contributed by atoms with E-state index >= 15 is 0 Å². The molecule has 2 heterocycles. The Kier molecular flexibility index (Phi) is 12.7. The number of ketones is 1. The van der Waals surface area contributed by atoms with Gasteiger partial charge >= 0.3 is 5.78 Å². The van der Waals surface area contributed by atoms with Crippen LogP contribution in [0.15, 0.2) is 97.0 Å². The number of pyridine rings is 2. The maximum Gasteiger partial charge on any atom is 0.325 e. The molecule has 1 radical (unpaired) electrons. The van der Waals surface area contributed by atoms with Crippen LogP contribution in [0.3, 0.4) is 0 Å². The molecule has 6 heteroatoms. The number of halogens is 1. The number of nitrogens with zero attached hydrogens (tertiary/aromatic N) is 2. The first-order chi connectivity index (χ1) is 23.9. The van der Waals surface area contributed by atoms with Gasteiger partial charge in [0.2, 0.25) is 0 Å². The van der Waals surface area contributed by atoms with Gasteiger partial charge in [0.15, 0.2) is 0 Å². The van der Waals surface area contributed by atoms with Gasteiger partial charge in [0.05, 0.1) is 17.0 Å². The smallest absolute Gasteiger partial charge is 0.325 e. The summed E-state index contributed by atoms with van der Waals surface area (Å²) in [5, 5.41) is 15.3. The third-order valence-corrected chi connectivity index (χ3v) is 10.8. The van der Waals surface area contributed by atoms with Crippen LogP contribution in [0.4, 0.5) is 4.39 Å². The molecule has 0 amide bonds. The molecule has 6 aromatic rings. The van der Waals surface area contributed by atoms with Crippen molar-refractivity contribution in [2.24, 2.45) is 10.8 Å². The van der Waals surface area contributed by atoms with Crippen LogP contribution in [0.5, 0.6) is 0 Å². The van der Waals surface area contributed by atoms with Crippen molar-refractivity contribution in [2.45, 2.75) is 81.1 Å². The number of carbonyl (C=O) groups excluding carboxylic acids is 1. The Morgan fingerprint density at radius 3 is 2.00 bits per heavy atom. The summed E-state index contributed by atoms with van der Waals surface area (Å²) in [6, 6.07) is 27.6. The van der Waals surface area contributed by atoms with Gasteiger partial charge in [-0.25, -0.2) is 4.39 Å². The molecule has 51 heavy (non-hydrogen) atoms. The summed E-state index contributed by atoms with van der Waals surface area (Å²) in [5.41, 5.74) is 6.58. The molecule has 0 bridgehead atoms. The number of aliphatic hydroxyl groups excluding tert-OH is 1. The first-order valence-corrected chi connectivity index (χ1v) is 17.7. The van der Waals surface area contributed by atoms with Gasteiger partial charge in [-0.15, -0.1) is 34.9 Å². The van der Waals surface area contributed by atoms with Gasteiger partial charge in [0.25, 0.3) is 0 Å². The minimum absolute atomic E-state index is 0. The fraction of sp³-hybridized carbons (Fsp3) is 0.311. The molecule has 0 aliphatic heterocycles. The molecule has 2 aromatic heterocycles. The molecule has 267 valence electrons. The Morgan fingerprint density at radius 1 is 0.745 bits per heavy atom. The molecular weight excluding hydrogens is 812 g/mol. The zero-order valence-corrected chi connectivity index (χ0v) is 33.4. The van der Waals surface area contributed by atoms with Crippen LogP contribution >= 0.6 is 0 Å². The average Bonchev–Trinajstić information content (AvgIpc) is 3.13. The SMILES string of the molecule is CCC(C)(CC)C(=[OH+])/C=C(\O)C(C)(CC)CC.Cc1[c-]c(-c2nccc3c2ccc2cc(-c4ccc5c(F)ccnc5c4)ccc23)cc(C)c1.[Ir]. The summed E-state index contributed by atoms with van der Waals surface area (Å²) < 4.78 is 14.0. The molecule has 6 rings (SSSR count). The average molecular weight is 861 g/mol. The summed E-state index contributed by atoms with van der Waals surface area (Å²) in [6.07, 6.45) is 8.43. The van der Waals surface area contributed by atoms with E-state index in [0.717, 1.165) is 64.4 Å². The van der Waals surface area contributed by atoms with E-state index in [2.05, 4.69) is 101 Å². The minimum atomic E-state index is -0.248. The monoisotopic (exact) mass is 861 g/mol. The molecule has 4 nitrogen and oxygen atoms in total. The number of rotatable bonds is 9. The van der Waals surface area contributed by atoms with E-state index in [0.29, 0.717) is 22.4 Å². The Hall–Kier alpha value is -4.25. The Morgan fingerprint density at radius 2 is 1.35 bits per heavy atom. The van der Waals surface area contributed by atoms with E-state index in [4.69, 9.17) is 4.98 Å². The van der Waals surface area contributed by atoms with Gasteiger partial charge in [0, 0.05) is 43.3 Å². The first kappa shape index (κ1) is 39.5. The molecule has 2 N–H and O–H groups in total. The number of hydrogen-bond donors (Lipinski definition) is 1. The van der Waals surface area contributed by atoms with E-state index in [1.54, 1.807) is 12.1 Å². The number of fused-ring (bicyclic) bond motifs is 4. The number of aromatic nitrogens is 2. The largest absolute Gasteiger partial charge is 0.511 e. The van der Waals surface area contributed by atoms with E-state index in [1.165, 1.54) is 28.6 Å². The Bertz CT molecular complexity index is 2200. The van der Waals surface area contributed by atoms with Gasteiger partial charge < -0.3 is 10.1 Å². The van der Waals surface area contributed by atoms with E-state index < -0.39 is 0 Å². The summed E-state index contributed by atoms with van der Waals surface area (Å²) in [7, 11) is 0. The van der Waals surface area contributed by atoms with Crippen LogP contribution < -0.4 is 0 Å². The molecule has 0 atom stereocenters. The molecular formula is C45H49FIrN2O2. The van der Waals surface area contributed by atoms with Crippen molar-refractivity contribution in [2.75, 3.05) is 0 Å². The minimum Gasteiger partial charge on any atom is -0.511 e. The maximum absolute atomic E-state index is 14.0. The second kappa shape index (κ2) is 16.4. The summed E-state index contributed by atoms with van der Waals surface area (Å²) in [5.74, 6) is 0.350. The van der Waals surface area contributed by atoms with Crippen molar-refractivity contribution in [3.63, 3.8) is 0 Å². The maximum atomic E-state index is 14.0.